The van der Waals surface area contributed by atoms with E-state index in [1.807, 2.05) is 0 Å². The van der Waals surface area contributed by atoms with Crippen molar-refractivity contribution < 1.29 is 37.5 Å². The number of aliphatic hydroxyl groups excluding tert-OH is 3. The van der Waals surface area contributed by atoms with Gasteiger partial charge in [0, 0.05) is 6.92 Å². The molecule has 1 saturated heterocycles. The van der Waals surface area contributed by atoms with Gasteiger partial charge in [-0.3, -0.25) is 8.98 Å². The Kier molecular flexibility index (Phi) is 5.24. The van der Waals surface area contributed by atoms with Crippen LogP contribution in [0.3, 0.4) is 0 Å². The normalized spacial score (nSPS) is 35.9. The summed E-state index contributed by atoms with van der Waals surface area (Å²) in [6.45, 7) is 0.491. The molecule has 0 aromatic heterocycles. The fourth-order valence-electron chi connectivity index (χ4n) is 1.79. The maximum atomic E-state index is 11.1. The number of aliphatic hydroxyl groups is 3. The van der Waals surface area contributed by atoms with Gasteiger partial charge in [-0.1, -0.05) is 0 Å². The molecule has 0 radical (unpaired) electrons. The predicted molar refractivity (Wildman–Crippen MR) is 61.3 cm³/mol. The summed E-state index contributed by atoms with van der Waals surface area (Å²) in [5, 5.41) is 30.8. The Hall–Kier alpha value is -0.780. The van der Waals surface area contributed by atoms with E-state index < -0.39 is 53.3 Å². The molecule has 1 aliphatic heterocycles. The molecule has 0 unspecified atom stereocenters. The maximum absolute atomic E-state index is 11.1. The largest absolute Gasteiger partial charge is 0.394 e. The molecule has 0 aromatic carbocycles. The van der Waals surface area contributed by atoms with Crippen molar-refractivity contribution in [2.75, 3.05) is 12.9 Å². The van der Waals surface area contributed by atoms with Crippen LogP contribution in [0.25, 0.3) is 0 Å². The third kappa shape index (κ3) is 4.37. The third-order valence-corrected chi connectivity index (χ3v) is 3.10. The van der Waals surface area contributed by atoms with Crippen LogP contribution in [-0.4, -0.2) is 73.2 Å². The molecule has 1 amide bonds. The van der Waals surface area contributed by atoms with E-state index in [1.54, 1.807) is 0 Å². The van der Waals surface area contributed by atoms with Gasteiger partial charge >= 0.3 is 0 Å². The van der Waals surface area contributed by atoms with E-state index in [2.05, 4.69) is 9.50 Å². The first-order valence-corrected chi connectivity index (χ1v) is 7.25. The van der Waals surface area contributed by atoms with Gasteiger partial charge in [0.1, 0.15) is 24.4 Å². The Bertz CT molecular complexity index is 424. The van der Waals surface area contributed by atoms with Gasteiger partial charge in [-0.25, -0.2) is 0 Å². The molecular weight excluding hydrogens is 282 g/mol. The van der Waals surface area contributed by atoms with E-state index >= 15 is 0 Å². The third-order valence-electron chi connectivity index (χ3n) is 2.53. The van der Waals surface area contributed by atoms with Crippen LogP contribution >= 0.6 is 0 Å². The molecule has 0 saturated carbocycles. The van der Waals surface area contributed by atoms with E-state index in [-0.39, 0.29) is 0 Å². The summed E-state index contributed by atoms with van der Waals surface area (Å²) in [4.78, 5) is 10.9. The van der Waals surface area contributed by atoms with Gasteiger partial charge in [0.05, 0.1) is 12.9 Å². The fraction of sp³-hybridized carbons (Fsp3) is 0.889. The SMILES string of the molecule is CC(=O)N[C@H]1[C@H](O)[C@H](OS(C)(=O)=O)[C@@H](CO)O[C@H]1O. The Morgan fingerprint density at radius 3 is 2.42 bits per heavy atom. The maximum Gasteiger partial charge on any atom is 0.264 e. The summed E-state index contributed by atoms with van der Waals surface area (Å²) in [6, 6.07) is -1.26. The highest BCUT2D eigenvalue weighted by molar-refractivity contribution is 7.86. The van der Waals surface area contributed by atoms with Gasteiger partial charge in [-0.15, -0.1) is 0 Å². The number of carbonyl (C=O) groups excluding carboxylic acids is 1. The van der Waals surface area contributed by atoms with E-state index in [0.29, 0.717) is 0 Å². The molecule has 0 aromatic rings. The van der Waals surface area contributed by atoms with Crippen LogP contribution in [0.4, 0.5) is 0 Å². The van der Waals surface area contributed by atoms with Crippen LogP contribution in [0.1, 0.15) is 6.92 Å². The smallest absolute Gasteiger partial charge is 0.264 e. The number of hydrogen-bond donors (Lipinski definition) is 4. The lowest BCUT2D eigenvalue weighted by molar-refractivity contribution is -0.247. The van der Waals surface area contributed by atoms with Crippen molar-refractivity contribution in [3.8, 4) is 0 Å². The van der Waals surface area contributed by atoms with Gasteiger partial charge in [0.15, 0.2) is 6.29 Å². The molecule has 0 aliphatic carbocycles. The Labute approximate surface area is 110 Å². The molecule has 10 heteroatoms. The van der Waals surface area contributed by atoms with E-state index in [0.717, 1.165) is 13.2 Å². The first-order chi connectivity index (χ1) is 8.65. The zero-order valence-electron chi connectivity index (χ0n) is 10.4. The molecule has 19 heavy (non-hydrogen) atoms. The predicted octanol–water partition coefficient (Wildman–Crippen LogP) is -3.09. The number of ether oxygens (including phenoxy) is 1. The average Bonchev–Trinajstić information content (AvgIpc) is 2.26. The standard InChI is InChI=1S/C9H17NO8S/c1-4(12)10-6-7(13)8(18-19(2,15)16)5(3-11)17-9(6)14/h5-9,11,13-14H,3H2,1-2H3,(H,10,12)/t5-,6+,7+,8-,9-/m1/s1. The highest BCUT2D eigenvalue weighted by Crippen LogP contribution is 2.23. The van der Waals surface area contributed by atoms with Crippen molar-refractivity contribution in [1.82, 2.24) is 5.32 Å². The number of carbonyl (C=O) groups is 1. The van der Waals surface area contributed by atoms with Gasteiger partial charge in [-0.2, -0.15) is 8.42 Å². The van der Waals surface area contributed by atoms with Crippen LogP contribution in [0.5, 0.6) is 0 Å². The van der Waals surface area contributed by atoms with Crippen molar-refractivity contribution in [2.24, 2.45) is 0 Å². The molecule has 1 heterocycles. The van der Waals surface area contributed by atoms with Crippen molar-refractivity contribution in [3.63, 3.8) is 0 Å². The van der Waals surface area contributed by atoms with Crippen LogP contribution in [0.2, 0.25) is 0 Å². The summed E-state index contributed by atoms with van der Waals surface area (Å²) in [7, 11) is -3.91. The molecule has 1 aliphatic rings. The highest BCUT2D eigenvalue weighted by atomic mass is 32.2. The van der Waals surface area contributed by atoms with Crippen LogP contribution in [0.15, 0.2) is 0 Å². The summed E-state index contributed by atoms with van der Waals surface area (Å²) >= 11 is 0. The zero-order chi connectivity index (χ0) is 14.8. The van der Waals surface area contributed by atoms with Crippen molar-refractivity contribution in [2.45, 2.75) is 37.6 Å². The topological polar surface area (TPSA) is 142 Å². The summed E-state index contributed by atoms with van der Waals surface area (Å²) in [5.74, 6) is -0.549. The molecular formula is C9H17NO8S. The minimum Gasteiger partial charge on any atom is -0.394 e. The minimum atomic E-state index is -3.91. The second-order valence-electron chi connectivity index (χ2n) is 4.23. The molecule has 5 atom stereocenters. The highest BCUT2D eigenvalue weighted by Gasteiger charge is 2.47. The molecule has 1 rings (SSSR count). The lowest BCUT2D eigenvalue weighted by atomic mass is 9.97. The van der Waals surface area contributed by atoms with Gasteiger partial charge in [-0.05, 0) is 0 Å². The van der Waals surface area contributed by atoms with Crippen LogP contribution < -0.4 is 5.32 Å². The van der Waals surface area contributed by atoms with Gasteiger partial charge in [0.25, 0.3) is 10.1 Å². The zero-order valence-corrected chi connectivity index (χ0v) is 11.2. The molecule has 9 nitrogen and oxygen atoms in total. The quantitative estimate of drug-likeness (QED) is 0.400. The second-order valence-corrected chi connectivity index (χ2v) is 5.83. The first kappa shape index (κ1) is 16.3. The monoisotopic (exact) mass is 299 g/mol. The van der Waals surface area contributed by atoms with E-state index in [4.69, 9.17) is 9.84 Å². The summed E-state index contributed by atoms with van der Waals surface area (Å²) < 4.78 is 31.7. The Balaban J connectivity index is 2.94. The molecule has 112 valence electrons. The second kappa shape index (κ2) is 6.11. The van der Waals surface area contributed by atoms with Gasteiger partial charge < -0.3 is 25.4 Å². The first-order valence-electron chi connectivity index (χ1n) is 5.43. The number of hydrogen-bond acceptors (Lipinski definition) is 8. The van der Waals surface area contributed by atoms with Crippen LogP contribution in [0, 0.1) is 0 Å². The summed E-state index contributed by atoms with van der Waals surface area (Å²) in [6.07, 6.45) is -5.04. The van der Waals surface area contributed by atoms with Crippen LogP contribution in [-0.2, 0) is 23.8 Å². The number of nitrogens with one attached hydrogen (secondary N) is 1. The Morgan fingerprint density at radius 2 is 2.00 bits per heavy atom. The average molecular weight is 299 g/mol. The van der Waals surface area contributed by atoms with E-state index in [9.17, 15) is 23.4 Å². The number of rotatable bonds is 4. The minimum absolute atomic E-state index is 0.549. The molecule has 4 N–H and O–H groups in total. The number of amides is 1. The fourth-order valence-corrected chi connectivity index (χ4v) is 2.43. The van der Waals surface area contributed by atoms with Crippen molar-refractivity contribution in [3.05, 3.63) is 0 Å². The van der Waals surface area contributed by atoms with Crippen molar-refractivity contribution in [1.29, 1.82) is 0 Å². The molecule has 0 spiro atoms. The Morgan fingerprint density at radius 1 is 1.42 bits per heavy atom. The summed E-state index contributed by atoms with van der Waals surface area (Å²) in [5.41, 5.74) is 0. The lowest BCUT2D eigenvalue weighted by Gasteiger charge is -2.41. The van der Waals surface area contributed by atoms with E-state index in [1.165, 1.54) is 0 Å². The van der Waals surface area contributed by atoms with Gasteiger partial charge in [0.2, 0.25) is 5.91 Å². The molecule has 0 bridgehead atoms. The lowest BCUT2D eigenvalue weighted by Crippen LogP contribution is -2.64. The molecule has 1 fully saturated rings. The van der Waals surface area contributed by atoms with Crippen molar-refractivity contribution >= 4 is 16.0 Å².